The zero-order chi connectivity index (χ0) is 21.6. The van der Waals surface area contributed by atoms with Crippen LogP contribution in [0.5, 0.6) is 0 Å². The van der Waals surface area contributed by atoms with Crippen LogP contribution in [0.4, 0.5) is 0 Å². The average molecular weight is 434 g/mol. The normalized spacial score (nSPS) is 16.9. The first-order valence-electron chi connectivity index (χ1n) is 9.88. The van der Waals surface area contributed by atoms with Gasteiger partial charge in [-0.05, 0) is 37.0 Å². The second-order valence-corrected chi connectivity index (χ2v) is 9.50. The molecular formula is C21H27N3O5S. The van der Waals surface area contributed by atoms with E-state index in [4.69, 9.17) is 9.94 Å². The fourth-order valence-corrected chi connectivity index (χ4v) is 5.22. The number of rotatable bonds is 8. The minimum Gasteiger partial charge on any atom is -0.373 e. The largest absolute Gasteiger partial charge is 0.373 e. The number of carbonyl (C=O) groups excluding carboxylic acids is 1. The van der Waals surface area contributed by atoms with Crippen molar-refractivity contribution in [2.45, 2.75) is 38.4 Å². The number of benzene rings is 1. The van der Waals surface area contributed by atoms with Gasteiger partial charge >= 0.3 is 0 Å². The van der Waals surface area contributed by atoms with Crippen molar-refractivity contribution in [1.82, 2.24) is 14.8 Å². The maximum atomic E-state index is 12.9. The van der Waals surface area contributed by atoms with Crippen molar-refractivity contribution in [3.63, 3.8) is 0 Å². The Morgan fingerprint density at radius 3 is 2.57 bits per heavy atom. The number of hydrogen-bond acceptors (Lipinski definition) is 6. The van der Waals surface area contributed by atoms with Crippen molar-refractivity contribution in [3.8, 4) is 0 Å². The van der Waals surface area contributed by atoms with Crippen LogP contribution in [0.1, 0.15) is 35.4 Å². The van der Waals surface area contributed by atoms with E-state index in [1.165, 1.54) is 22.3 Å². The van der Waals surface area contributed by atoms with E-state index in [2.05, 4.69) is 4.98 Å². The second kappa shape index (κ2) is 10.1. The molecule has 1 amide bonds. The van der Waals surface area contributed by atoms with Crippen molar-refractivity contribution in [3.05, 3.63) is 65.5 Å². The van der Waals surface area contributed by atoms with Crippen LogP contribution < -0.4 is 5.48 Å². The van der Waals surface area contributed by atoms with Gasteiger partial charge in [-0.25, -0.2) is 18.2 Å². The lowest BCUT2D eigenvalue weighted by Gasteiger charge is -2.32. The van der Waals surface area contributed by atoms with Crippen LogP contribution in [0.25, 0.3) is 0 Å². The Labute approximate surface area is 176 Å². The van der Waals surface area contributed by atoms with Crippen molar-refractivity contribution < 1.29 is 23.2 Å². The summed E-state index contributed by atoms with van der Waals surface area (Å²) >= 11 is 0. The SMILES string of the molecule is Cc1ccc(COC2CCN(S(=O)(=O)C[C@@H](C(=O)NO)c3cccnc3)CC2)cc1. The summed E-state index contributed by atoms with van der Waals surface area (Å²) in [5.41, 5.74) is 4.28. The number of hydroxylamine groups is 1. The molecule has 1 aliphatic heterocycles. The summed E-state index contributed by atoms with van der Waals surface area (Å²) in [5.74, 6) is -2.24. The molecule has 1 atom stereocenters. The predicted molar refractivity (Wildman–Crippen MR) is 111 cm³/mol. The van der Waals surface area contributed by atoms with Gasteiger partial charge in [-0.15, -0.1) is 0 Å². The lowest BCUT2D eigenvalue weighted by molar-refractivity contribution is -0.130. The van der Waals surface area contributed by atoms with Gasteiger partial charge in [0.05, 0.1) is 24.4 Å². The van der Waals surface area contributed by atoms with Crippen molar-refractivity contribution in [2.75, 3.05) is 18.8 Å². The molecule has 162 valence electrons. The molecule has 3 rings (SSSR count). The molecule has 1 fully saturated rings. The lowest BCUT2D eigenvalue weighted by Crippen LogP contribution is -2.44. The summed E-state index contributed by atoms with van der Waals surface area (Å²) in [7, 11) is -3.70. The molecule has 9 heteroatoms. The molecule has 2 heterocycles. The summed E-state index contributed by atoms with van der Waals surface area (Å²) in [6, 6.07) is 11.4. The number of carbonyl (C=O) groups is 1. The zero-order valence-electron chi connectivity index (χ0n) is 16.9. The molecule has 1 saturated heterocycles. The predicted octanol–water partition coefficient (Wildman–Crippen LogP) is 1.99. The Balaban J connectivity index is 1.56. The van der Waals surface area contributed by atoms with Crippen LogP contribution in [-0.4, -0.2) is 53.8 Å². The van der Waals surface area contributed by atoms with Gasteiger partial charge in [-0.2, -0.15) is 0 Å². The summed E-state index contributed by atoms with van der Waals surface area (Å²) in [6.07, 6.45) is 4.14. The molecule has 1 aliphatic rings. The number of ether oxygens (including phenoxy) is 1. The number of sulfonamides is 1. The van der Waals surface area contributed by atoms with Gasteiger partial charge in [0, 0.05) is 25.5 Å². The number of aryl methyl sites for hydroxylation is 1. The molecule has 0 aliphatic carbocycles. The highest BCUT2D eigenvalue weighted by Crippen LogP contribution is 2.23. The van der Waals surface area contributed by atoms with E-state index in [-0.39, 0.29) is 6.10 Å². The Kier molecular flexibility index (Phi) is 7.54. The standard InChI is InChI=1S/C21H27N3O5S/c1-16-4-6-17(7-5-16)14-29-19-8-11-24(12-9-19)30(27,28)15-20(21(25)23-26)18-3-2-10-22-13-18/h2-7,10,13,19-20,26H,8-9,11-12,14-15H2,1H3,(H,23,25)/t20-/m1/s1. The summed E-state index contributed by atoms with van der Waals surface area (Å²) in [6.45, 7) is 3.20. The topological polar surface area (TPSA) is 109 Å². The van der Waals surface area contributed by atoms with E-state index < -0.39 is 27.6 Å². The van der Waals surface area contributed by atoms with Crippen LogP contribution in [0, 0.1) is 6.92 Å². The Hall–Kier alpha value is -2.33. The van der Waals surface area contributed by atoms with E-state index in [0.717, 1.165) is 5.56 Å². The Morgan fingerprint density at radius 2 is 1.97 bits per heavy atom. The summed E-state index contributed by atoms with van der Waals surface area (Å²) in [4.78, 5) is 16.0. The van der Waals surface area contributed by atoms with Gasteiger partial charge in [0.15, 0.2) is 0 Å². The Morgan fingerprint density at radius 1 is 1.27 bits per heavy atom. The molecule has 30 heavy (non-hydrogen) atoms. The van der Waals surface area contributed by atoms with Crippen LogP contribution in [0.2, 0.25) is 0 Å². The fraction of sp³-hybridized carbons (Fsp3) is 0.429. The maximum absolute atomic E-state index is 12.9. The summed E-state index contributed by atoms with van der Waals surface area (Å²) < 4.78 is 33.2. The number of nitrogens with one attached hydrogen (secondary N) is 1. The molecule has 2 aromatic rings. The van der Waals surface area contributed by atoms with E-state index >= 15 is 0 Å². The van der Waals surface area contributed by atoms with Gasteiger partial charge in [-0.1, -0.05) is 35.9 Å². The van der Waals surface area contributed by atoms with Gasteiger partial charge in [-0.3, -0.25) is 15.0 Å². The van der Waals surface area contributed by atoms with Crippen molar-refractivity contribution in [1.29, 1.82) is 0 Å². The number of aromatic nitrogens is 1. The van der Waals surface area contributed by atoms with Gasteiger partial charge in [0.25, 0.3) is 5.91 Å². The minimum atomic E-state index is -3.70. The third kappa shape index (κ3) is 5.85. The molecule has 0 saturated carbocycles. The third-order valence-corrected chi connectivity index (χ3v) is 7.20. The first-order chi connectivity index (χ1) is 14.4. The fourth-order valence-electron chi connectivity index (χ4n) is 3.47. The van der Waals surface area contributed by atoms with Gasteiger partial charge in [0.2, 0.25) is 10.0 Å². The zero-order valence-corrected chi connectivity index (χ0v) is 17.7. The van der Waals surface area contributed by atoms with Gasteiger partial charge < -0.3 is 4.74 Å². The minimum absolute atomic E-state index is 0.00684. The monoisotopic (exact) mass is 433 g/mol. The molecule has 1 aromatic carbocycles. The number of nitrogens with zero attached hydrogens (tertiary/aromatic N) is 2. The smallest absolute Gasteiger partial charge is 0.252 e. The van der Waals surface area contributed by atoms with E-state index in [9.17, 15) is 13.2 Å². The van der Waals surface area contributed by atoms with Crippen molar-refractivity contribution >= 4 is 15.9 Å². The molecule has 1 aromatic heterocycles. The quantitative estimate of drug-likeness (QED) is 0.487. The number of amides is 1. The molecule has 0 radical (unpaired) electrons. The maximum Gasteiger partial charge on any atom is 0.252 e. The van der Waals surface area contributed by atoms with Crippen LogP contribution in [0.3, 0.4) is 0 Å². The number of pyridine rings is 1. The highest BCUT2D eigenvalue weighted by atomic mass is 32.2. The van der Waals surface area contributed by atoms with E-state index in [1.807, 2.05) is 31.2 Å². The first-order valence-corrected chi connectivity index (χ1v) is 11.5. The average Bonchev–Trinajstić information content (AvgIpc) is 2.77. The van der Waals surface area contributed by atoms with Crippen LogP contribution >= 0.6 is 0 Å². The first kappa shape index (κ1) is 22.4. The van der Waals surface area contributed by atoms with Gasteiger partial charge in [0.1, 0.15) is 0 Å². The number of piperidine rings is 1. The molecule has 8 nitrogen and oxygen atoms in total. The molecule has 0 spiro atoms. The van der Waals surface area contributed by atoms with Crippen molar-refractivity contribution in [2.24, 2.45) is 0 Å². The van der Waals surface area contributed by atoms with E-state index in [1.54, 1.807) is 17.6 Å². The summed E-state index contributed by atoms with van der Waals surface area (Å²) in [5, 5.41) is 9.03. The molecule has 2 N–H and O–H groups in total. The highest BCUT2D eigenvalue weighted by Gasteiger charge is 2.33. The second-order valence-electron chi connectivity index (χ2n) is 7.49. The highest BCUT2D eigenvalue weighted by molar-refractivity contribution is 7.89. The van der Waals surface area contributed by atoms with E-state index in [0.29, 0.717) is 38.1 Å². The lowest BCUT2D eigenvalue weighted by atomic mass is 10.0. The van der Waals surface area contributed by atoms with Crippen LogP contribution in [0.15, 0.2) is 48.8 Å². The van der Waals surface area contributed by atoms with Crippen LogP contribution in [-0.2, 0) is 26.2 Å². The number of hydrogen-bond donors (Lipinski definition) is 2. The Bertz CT molecular complexity index is 927. The molecule has 0 unspecified atom stereocenters. The third-order valence-electron chi connectivity index (χ3n) is 5.29. The molecule has 0 bridgehead atoms. The molecular weight excluding hydrogens is 406 g/mol.